The molecule has 17 heavy (non-hydrogen) atoms. The number of nitrogens with one attached hydrogen (secondary N) is 1. The van der Waals surface area contributed by atoms with Gasteiger partial charge in [-0.2, -0.15) is 0 Å². The zero-order valence-electron chi connectivity index (χ0n) is 9.51. The molecule has 0 aromatic heterocycles. The molecule has 0 heterocycles. The van der Waals surface area contributed by atoms with E-state index in [2.05, 4.69) is 27.9 Å². The molecule has 1 aromatic carbocycles. The van der Waals surface area contributed by atoms with Gasteiger partial charge in [-0.3, -0.25) is 4.79 Å². The molecule has 0 radical (unpaired) electrons. The van der Waals surface area contributed by atoms with Crippen LogP contribution in [-0.4, -0.2) is 12.5 Å². The molecule has 1 fully saturated rings. The predicted octanol–water partition coefficient (Wildman–Crippen LogP) is 3.86. The SMILES string of the molecule is O=C(NCC1CCCC1)c1ccc(I)c(Cl)c1. The summed E-state index contributed by atoms with van der Waals surface area (Å²) in [5, 5.41) is 3.63. The highest BCUT2D eigenvalue weighted by Gasteiger charge is 2.16. The second-order valence-corrected chi connectivity index (χ2v) is 6.06. The van der Waals surface area contributed by atoms with E-state index in [1.165, 1.54) is 25.7 Å². The third-order valence-electron chi connectivity index (χ3n) is 3.21. The van der Waals surface area contributed by atoms with Crippen LogP contribution in [0.3, 0.4) is 0 Å². The molecule has 0 atom stereocenters. The van der Waals surface area contributed by atoms with Crippen LogP contribution in [-0.2, 0) is 0 Å². The standard InChI is InChI=1S/C13H15ClINO/c14-11-7-10(5-6-12(11)15)13(17)16-8-9-3-1-2-4-9/h5-7,9H,1-4,8H2,(H,16,17). The van der Waals surface area contributed by atoms with E-state index in [1.807, 2.05) is 12.1 Å². The van der Waals surface area contributed by atoms with Gasteiger partial charge in [0, 0.05) is 15.7 Å². The first-order chi connectivity index (χ1) is 8.16. The summed E-state index contributed by atoms with van der Waals surface area (Å²) >= 11 is 8.15. The van der Waals surface area contributed by atoms with Gasteiger partial charge >= 0.3 is 0 Å². The third-order valence-corrected chi connectivity index (χ3v) is 4.78. The van der Waals surface area contributed by atoms with Crippen LogP contribution in [0.5, 0.6) is 0 Å². The van der Waals surface area contributed by atoms with Gasteiger partial charge in [0.05, 0.1) is 5.02 Å². The number of carbonyl (C=O) groups excluding carboxylic acids is 1. The molecule has 2 nitrogen and oxygen atoms in total. The number of carbonyl (C=O) groups is 1. The molecule has 92 valence electrons. The molecule has 1 saturated carbocycles. The molecule has 1 amide bonds. The van der Waals surface area contributed by atoms with Crippen molar-refractivity contribution in [1.82, 2.24) is 5.32 Å². The highest BCUT2D eigenvalue weighted by atomic mass is 127. The van der Waals surface area contributed by atoms with Gasteiger partial charge in [0.1, 0.15) is 0 Å². The molecule has 0 unspecified atom stereocenters. The lowest BCUT2D eigenvalue weighted by Crippen LogP contribution is -2.28. The first-order valence-electron chi connectivity index (χ1n) is 5.90. The molecule has 1 aliphatic rings. The minimum atomic E-state index is -0.0183. The van der Waals surface area contributed by atoms with Crippen molar-refractivity contribution in [3.63, 3.8) is 0 Å². The second kappa shape index (κ2) is 6.05. The van der Waals surface area contributed by atoms with Gasteiger partial charge < -0.3 is 5.32 Å². The van der Waals surface area contributed by atoms with Crippen LogP contribution in [0.15, 0.2) is 18.2 Å². The first-order valence-corrected chi connectivity index (χ1v) is 7.36. The lowest BCUT2D eigenvalue weighted by atomic mass is 10.1. The van der Waals surface area contributed by atoms with Crippen LogP contribution < -0.4 is 5.32 Å². The van der Waals surface area contributed by atoms with Crippen molar-refractivity contribution in [3.8, 4) is 0 Å². The summed E-state index contributed by atoms with van der Waals surface area (Å²) in [7, 11) is 0. The van der Waals surface area contributed by atoms with Crippen molar-refractivity contribution in [2.45, 2.75) is 25.7 Å². The highest BCUT2D eigenvalue weighted by Crippen LogP contribution is 2.24. The number of amides is 1. The summed E-state index contributed by atoms with van der Waals surface area (Å²) < 4.78 is 0.969. The monoisotopic (exact) mass is 363 g/mol. The average Bonchev–Trinajstić information content (AvgIpc) is 2.82. The maximum absolute atomic E-state index is 11.9. The van der Waals surface area contributed by atoms with Crippen molar-refractivity contribution in [2.24, 2.45) is 5.92 Å². The van der Waals surface area contributed by atoms with Crippen molar-refractivity contribution < 1.29 is 4.79 Å². The zero-order valence-corrected chi connectivity index (χ0v) is 12.4. The Labute approximate surface area is 120 Å². The molecule has 0 bridgehead atoms. The van der Waals surface area contributed by atoms with Crippen LogP contribution in [0.1, 0.15) is 36.0 Å². The van der Waals surface area contributed by atoms with E-state index in [1.54, 1.807) is 6.07 Å². The lowest BCUT2D eigenvalue weighted by Gasteiger charge is -2.10. The van der Waals surface area contributed by atoms with E-state index in [0.29, 0.717) is 16.5 Å². The average molecular weight is 364 g/mol. The van der Waals surface area contributed by atoms with Gasteiger partial charge in [0.15, 0.2) is 0 Å². The van der Waals surface area contributed by atoms with Crippen molar-refractivity contribution in [1.29, 1.82) is 0 Å². The summed E-state index contributed by atoms with van der Waals surface area (Å²) in [6, 6.07) is 5.42. The fourth-order valence-electron chi connectivity index (χ4n) is 2.19. The highest BCUT2D eigenvalue weighted by molar-refractivity contribution is 14.1. The van der Waals surface area contributed by atoms with Gasteiger partial charge in [-0.25, -0.2) is 0 Å². The Morgan fingerprint density at radius 3 is 2.76 bits per heavy atom. The van der Waals surface area contributed by atoms with Crippen LogP contribution in [0.2, 0.25) is 5.02 Å². The zero-order chi connectivity index (χ0) is 12.3. The summed E-state index contributed by atoms with van der Waals surface area (Å²) in [5.41, 5.74) is 0.647. The Morgan fingerprint density at radius 1 is 1.41 bits per heavy atom. The van der Waals surface area contributed by atoms with Gasteiger partial charge in [0.25, 0.3) is 5.91 Å². The number of halogens is 2. The smallest absolute Gasteiger partial charge is 0.251 e. The summed E-state index contributed by atoms with van der Waals surface area (Å²) in [5.74, 6) is 0.647. The Balaban J connectivity index is 1.92. The quantitative estimate of drug-likeness (QED) is 0.812. The molecule has 1 aromatic rings. The maximum Gasteiger partial charge on any atom is 0.251 e. The number of benzene rings is 1. The summed E-state index contributed by atoms with van der Waals surface area (Å²) in [6.45, 7) is 0.794. The molecule has 0 aliphatic heterocycles. The lowest BCUT2D eigenvalue weighted by molar-refractivity contribution is 0.0947. The van der Waals surface area contributed by atoms with Crippen LogP contribution in [0.25, 0.3) is 0 Å². The van der Waals surface area contributed by atoms with E-state index in [-0.39, 0.29) is 5.91 Å². The molecule has 1 N–H and O–H groups in total. The van der Waals surface area contributed by atoms with Crippen molar-refractivity contribution in [3.05, 3.63) is 32.4 Å². The predicted molar refractivity (Wildman–Crippen MR) is 78.5 cm³/mol. The van der Waals surface area contributed by atoms with Crippen LogP contribution >= 0.6 is 34.2 Å². The van der Waals surface area contributed by atoms with Crippen molar-refractivity contribution in [2.75, 3.05) is 6.54 Å². The van der Waals surface area contributed by atoms with E-state index in [9.17, 15) is 4.79 Å². The maximum atomic E-state index is 11.9. The largest absolute Gasteiger partial charge is 0.352 e. The molecule has 0 saturated heterocycles. The Kier molecular flexibility index (Phi) is 4.68. The third kappa shape index (κ3) is 3.58. The minimum absolute atomic E-state index is 0.0183. The molecule has 2 rings (SSSR count). The molecular weight excluding hydrogens is 349 g/mol. The van der Waals surface area contributed by atoms with Gasteiger partial charge in [-0.15, -0.1) is 0 Å². The molecule has 1 aliphatic carbocycles. The fraction of sp³-hybridized carbons (Fsp3) is 0.462. The summed E-state index contributed by atoms with van der Waals surface area (Å²) in [6.07, 6.45) is 5.09. The second-order valence-electron chi connectivity index (χ2n) is 4.49. The van der Waals surface area contributed by atoms with Gasteiger partial charge in [-0.05, 0) is 59.5 Å². The van der Waals surface area contributed by atoms with Crippen LogP contribution in [0.4, 0.5) is 0 Å². The minimum Gasteiger partial charge on any atom is -0.352 e. The van der Waals surface area contributed by atoms with Gasteiger partial charge in [0.2, 0.25) is 0 Å². The summed E-state index contributed by atoms with van der Waals surface area (Å²) in [4.78, 5) is 11.9. The van der Waals surface area contributed by atoms with E-state index < -0.39 is 0 Å². The Hall–Kier alpha value is -0.290. The van der Waals surface area contributed by atoms with Crippen LogP contribution in [0, 0.1) is 9.49 Å². The van der Waals surface area contributed by atoms with E-state index in [0.717, 1.165) is 10.1 Å². The van der Waals surface area contributed by atoms with Crippen molar-refractivity contribution >= 4 is 40.1 Å². The first kappa shape index (κ1) is 13.1. The Morgan fingerprint density at radius 2 is 2.12 bits per heavy atom. The number of hydrogen-bond donors (Lipinski definition) is 1. The van der Waals surface area contributed by atoms with Gasteiger partial charge in [-0.1, -0.05) is 24.4 Å². The number of hydrogen-bond acceptors (Lipinski definition) is 1. The van der Waals surface area contributed by atoms with E-state index in [4.69, 9.17) is 11.6 Å². The normalized spacial score (nSPS) is 16.1. The fourth-order valence-corrected chi connectivity index (χ4v) is 2.71. The molecular formula is C13H15ClINO. The topological polar surface area (TPSA) is 29.1 Å². The number of rotatable bonds is 3. The van der Waals surface area contributed by atoms with E-state index >= 15 is 0 Å². The Bertz CT molecular complexity index is 416. The molecule has 4 heteroatoms. The molecule has 0 spiro atoms.